The molecule has 17 heavy (non-hydrogen) atoms. The molecule has 2 rings (SSSR count). The highest BCUT2D eigenvalue weighted by Crippen LogP contribution is 2.21. The molecule has 0 aliphatic carbocycles. The Labute approximate surface area is 112 Å². The molecule has 1 aliphatic heterocycles. The number of sulfone groups is 1. The molecular weight excluding hydrogens is 326 g/mol. The Morgan fingerprint density at radius 1 is 1.59 bits per heavy atom. The molecule has 2 heterocycles. The topological polar surface area (TPSA) is 63.2 Å². The fourth-order valence-corrected chi connectivity index (χ4v) is 4.90. The van der Waals surface area contributed by atoms with Crippen LogP contribution >= 0.6 is 27.3 Å². The lowest BCUT2D eigenvalue weighted by Gasteiger charge is -2.07. The van der Waals surface area contributed by atoms with E-state index in [4.69, 9.17) is 0 Å². The molecule has 0 saturated carbocycles. The van der Waals surface area contributed by atoms with E-state index in [1.54, 1.807) is 11.3 Å². The van der Waals surface area contributed by atoms with Crippen molar-refractivity contribution in [3.63, 3.8) is 0 Å². The molecule has 94 valence electrons. The van der Waals surface area contributed by atoms with E-state index in [0.29, 0.717) is 13.0 Å². The van der Waals surface area contributed by atoms with Crippen molar-refractivity contribution in [3.8, 4) is 0 Å². The Hall–Kier alpha value is -0.400. The summed E-state index contributed by atoms with van der Waals surface area (Å²) >= 11 is 4.89. The van der Waals surface area contributed by atoms with Crippen molar-refractivity contribution >= 4 is 43.0 Å². The molecule has 1 unspecified atom stereocenters. The van der Waals surface area contributed by atoms with Crippen LogP contribution in [0.25, 0.3) is 0 Å². The molecule has 1 aromatic heterocycles. The van der Waals surface area contributed by atoms with Crippen LogP contribution in [0.3, 0.4) is 0 Å². The van der Waals surface area contributed by atoms with Gasteiger partial charge >= 0.3 is 0 Å². The fraction of sp³-hybridized carbons (Fsp3) is 0.500. The van der Waals surface area contributed by atoms with Gasteiger partial charge in [-0.3, -0.25) is 4.79 Å². The van der Waals surface area contributed by atoms with Gasteiger partial charge in [-0.2, -0.15) is 0 Å². The van der Waals surface area contributed by atoms with Crippen molar-refractivity contribution in [3.05, 3.63) is 20.8 Å². The summed E-state index contributed by atoms with van der Waals surface area (Å²) in [5.41, 5.74) is 0. The second kappa shape index (κ2) is 5.07. The molecule has 0 spiro atoms. The second-order valence-electron chi connectivity index (χ2n) is 4.05. The molecule has 7 heteroatoms. The van der Waals surface area contributed by atoms with Crippen molar-refractivity contribution < 1.29 is 13.2 Å². The SMILES string of the molecule is O=C(NCc1cc(Br)cs1)C1CCS(=O)(=O)C1. The molecule has 0 radical (unpaired) electrons. The van der Waals surface area contributed by atoms with Crippen LogP contribution in [0.4, 0.5) is 0 Å². The first-order chi connectivity index (χ1) is 7.96. The summed E-state index contributed by atoms with van der Waals surface area (Å²) in [6, 6.07) is 1.94. The van der Waals surface area contributed by atoms with Crippen LogP contribution in [0.2, 0.25) is 0 Å². The van der Waals surface area contributed by atoms with Crippen LogP contribution in [0, 0.1) is 5.92 Å². The van der Waals surface area contributed by atoms with Crippen LogP contribution in [0.15, 0.2) is 15.9 Å². The van der Waals surface area contributed by atoms with Crippen LogP contribution in [-0.2, 0) is 21.2 Å². The fourth-order valence-electron chi connectivity index (χ4n) is 1.77. The van der Waals surface area contributed by atoms with Crippen molar-refractivity contribution in [2.24, 2.45) is 5.92 Å². The minimum Gasteiger partial charge on any atom is -0.351 e. The molecular formula is C10H12BrNO3S2. The first-order valence-electron chi connectivity index (χ1n) is 5.17. The molecule has 1 amide bonds. The lowest BCUT2D eigenvalue weighted by molar-refractivity contribution is -0.124. The molecule has 1 saturated heterocycles. The highest BCUT2D eigenvalue weighted by Gasteiger charge is 2.32. The zero-order chi connectivity index (χ0) is 12.5. The molecule has 1 aliphatic rings. The Morgan fingerprint density at radius 3 is 2.88 bits per heavy atom. The van der Waals surface area contributed by atoms with Gasteiger partial charge in [-0.1, -0.05) is 0 Å². The van der Waals surface area contributed by atoms with Gasteiger partial charge in [0, 0.05) is 14.7 Å². The maximum Gasteiger partial charge on any atom is 0.224 e. The third-order valence-electron chi connectivity index (χ3n) is 2.66. The minimum atomic E-state index is -2.99. The number of carbonyl (C=O) groups excluding carboxylic acids is 1. The number of hydrogen-bond donors (Lipinski definition) is 1. The van der Waals surface area contributed by atoms with Crippen LogP contribution in [0.1, 0.15) is 11.3 Å². The highest BCUT2D eigenvalue weighted by atomic mass is 79.9. The number of rotatable bonds is 3. The van der Waals surface area contributed by atoms with Crippen LogP contribution in [0.5, 0.6) is 0 Å². The van der Waals surface area contributed by atoms with Gasteiger partial charge in [0.15, 0.2) is 9.84 Å². The van der Waals surface area contributed by atoms with Gasteiger partial charge in [0.25, 0.3) is 0 Å². The van der Waals surface area contributed by atoms with E-state index in [-0.39, 0.29) is 23.3 Å². The number of carbonyl (C=O) groups is 1. The number of nitrogens with one attached hydrogen (secondary N) is 1. The number of halogens is 1. The molecule has 4 nitrogen and oxygen atoms in total. The smallest absolute Gasteiger partial charge is 0.224 e. The lowest BCUT2D eigenvalue weighted by Crippen LogP contribution is -2.30. The maximum absolute atomic E-state index is 11.7. The molecule has 1 atom stereocenters. The molecule has 0 bridgehead atoms. The predicted octanol–water partition coefficient (Wildman–Crippen LogP) is 1.56. The monoisotopic (exact) mass is 337 g/mol. The predicted molar refractivity (Wildman–Crippen MR) is 70.6 cm³/mol. The summed E-state index contributed by atoms with van der Waals surface area (Å²) in [7, 11) is -2.99. The lowest BCUT2D eigenvalue weighted by atomic mass is 10.1. The summed E-state index contributed by atoms with van der Waals surface area (Å²) in [5.74, 6) is -0.401. The summed E-state index contributed by atoms with van der Waals surface area (Å²) in [5, 5.41) is 4.72. The van der Waals surface area contributed by atoms with Crippen LogP contribution in [-0.4, -0.2) is 25.8 Å². The van der Waals surface area contributed by atoms with E-state index in [1.165, 1.54) is 0 Å². The molecule has 1 fully saturated rings. The van der Waals surface area contributed by atoms with E-state index in [2.05, 4.69) is 21.2 Å². The first-order valence-corrected chi connectivity index (χ1v) is 8.67. The van der Waals surface area contributed by atoms with Crippen molar-refractivity contribution in [1.29, 1.82) is 0 Å². The van der Waals surface area contributed by atoms with Crippen LogP contribution < -0.4 is 5.32 Å². The minimum absolute atomic E-state index is 0.00698. The van der Waals surface area contributed by atoms with Gasteiger partial charge in [0.1, 0.15) is 0 Å². The van der Waals surface area contributed by atoms with Crippen molar-refractivity contribution in [1.82, 2.24) is 5.32 Å². The quantitative estimate of drug-likeness (QED) is 0.910. The van der Waals surface area contributed by atoms with E-state index in [9.17, 15) is 13.2 Å². The zero-order valence-corrected chi connectivity index (χ0v) is 12.2. The Balaban J connectivity index is 1.86. The number of thiophene rings is 1. The van der Waals surface area contributed by atoms with Gasteiger partial charge in [-0.05, 0) is 28.4 Å². The van der Waals surface area contributed by atoms with Gasteiger partial charge in [-0.15, -0.1) is 11.3 Å². The second-order valence-corrected chi connectivity index (χ2v) is 8.19. The van der Waals surface area contributed by atoms with Crippen molar-refractivity contribution in [2.45, 2.75) is 13.0 Å². The normalized spacial score (nSPS) is 22.5. The van der Waals surface area contributed by atoms with E-state index >= 15 is 0 Å². The standard InChI is InChI=1S/C10H12BrNO3S2/c11-8-3-9(16-5-8)4-12-10(13)7-1-2-17(14,15)6-7/h3,5,7H,1-2,4,6H2,(H,12,13). The third-order valence-corrected chi connectivity index (χ3v) is 6.13. The van der Waals surface area contributed by atoms with Crippen molar-refractivity contribution in [2.75, 3.05) is 11.5 Å². The Kier molecular flexibility index (Phi) is 3.89. The number of amides is 1. The first kappa shape index (κ1) is 13.0. The van der Waals surface area contributed by atoms with Gasteiger partial charge in [-0.25, -0.2) is 8.42 Å². The van der Waals surface area contributed by atoms with Gasteiger partial charge in [0.2, 0.25) is 5.91 Å². The van der Waals surface area contributed by atoms with Gasteiger partial charge in [0.05, 0.1) is 24.0 Å². The molecule has 1 N–H and O–H groups in total. The third kappa shape index (κ3) is 3.53. The zero-order valence-electron chi connectivity index (χ0n) is 8.98. The maximum atomic E-state index is 11.7. The molecule has 1 aromatic rings. The van der Waals surface area contributed by atoms with Gasteiger partial charge < -0.3 is 5.32 Å². The average molecular weight is 338 g/mol. The summed E-state index contributed by atoms with van der Waals surface area (Å²) < 4.78 is 23.5. The summed E-state index contributed by atoms with van der Waals surface area (Å²) in [4.78, 5) is 12.8. The van der Waals surface area contributed by atoms with E-state index in [0.717, 1.165) is 9.35 Å². The number of hydrogen-bond acceptors (Lipinski definition) is 4. The average Bonchev–Trinajstić information content (AvgIpc) is 2.81. The van der Waals surface area contributed by atoms with E-state index in [1.807, 2.05) is 11.4 Å². The molecule has 0 aromatic carbocycles. The summed E-state index contributed by atoms with van der Waals surface area (Å²) in [6.45, 7) is 0.464. The largest absolute Gasteiger partial charge is 0.351 e. The Bertz CT molecular complexity index is 523. The van der Waals surface area contributed by atoms with E-state index < -0.39 is 9.84 Å². The summed E-state index contributed by atoms with van der Waals surface area (Å²) in [6.07, 6.45) is 0.447. The highest BCUT2D eigenvalue weighted by molar-refractivity contribution is 9.10. The Morgan fingerprint density at radius 2 is 2.35 bits per heavy atom.